The number of aryl methyl sites for hydroxylation is 1. The lowest BCUT2D eigenvalue weighted by atomic mass is 9.84. The first-order valence-corrected chi connectivity index (χ1v) is 7.52. The van der Waals surface area contributed by atoms with Crippen LogP contribution in [0.25, 0.3) is 0 Å². The zero-order valence-corrected chi connectivity index (χ0v) is 12.1. The minimum atomic E-state index is -0.308. The predicted octanol–water partition coefficient (Wildman–Crippen LogP) is 2.22. The van der Waals surface area contributed by atoms with E-state index in [0.717, 1.165) is 63.1 Å². The number of rotatable bonds is 3. The van der Waals surface area contributed by atoms with E-state index >= 15 is 0 Å². The van der Waals surface area contributed by atoms with Crippen molar-refractivity contribution in [3.63, 3.8) is 0 Å². The highest BCUT2D eigenvalue weighted by Gasteiger charge is 2.46. The summed E-state index contributed by atoms with van der Waals surface area (Å²) in [6.07, 6.45) is 7.71. The lowest BCUT2D eigenvalue weighted by molar-refractivity contribution is -0.0130. The molecule has 2 fully saturated rings. The zero-order chi connectivity index (χ0) is 14.0. The summed E-state index contributed by atoms with van der Waals surface area (Å²) in [6.45, 7) is 5.20. The molecule has 1 aromatic rings. The number of carbonyl (C=O) groups excluding carboxylic acids is 1. The molecule has 2 heterocycles. The van der Waals surface area contributed by atoms with Crippen molar-refractivity contribution in [1.82, 2.24) is 9.88 Å². The fraction of sp³-hybridized carbons (Fsp3) is 0.625. The molecule has 4 heteroatoms. The predicted molar refractivity (Wildman–Crippen MR) is 76.9 cm³/mol. The van der Waals surface area contributed by atoms with Gasteiger partial charge in [0.25, 0.3) is 0 Å². The molecule has 0 atom stereocenters. The molecule has 0 aromatic carbocycles. The van der Waals surface area contributed by atoms with E-state index in [2.05, 4.69) is 9.88 Å². The number of ether oxygens (including phenoxy) is 1. The molecule has 0 unspecified atom stereocenters. The van der Waals surface area contributed by atoms with Crippen molar-refractivity contribution in [1.29, 1.82) is 0 Å². The average molecular weight is 274 g/mol. The largest absolute Gasteiger partial charge is 0.379 e. The van der Waals surface area contributed by atoms with Gasteiger partial charge < -0.3 is 4.74 Å². The number of aromatic nitrogens is 1. The van der Waals surface area contributed by atoms with Crippen molar-refractivity contribution >= 4 is 5.78 Å². The molecule has 1 aliphatic carbocycles. The number of morpholine rings is 1. The molecule has 20 heavy (non-hydrogen) atoms. The van der Waals surface area contributed by atoms with Crippen LogP contribution in [0.2, 0.25) is 0 Å². The van der Waals surface area contributed by atoms with E-state index in [-0.39, 0.29) is 11.3 Å². The Labute approximate surface area is 120 Å². The van der Waals surface area contributed by atoms with Crippen LogP contribution in [0.3, 0.4) is 0 Å². The molecule has 0 radical (unpaired) electrons. The third-order valence-corrected chi connectivity index (χ3v) is 4.75. The van der Waals surface area contributed by atoms with Crippen LogP contribution in [0.1, 0.15) is 41.6 Å². The summed E-state index contributed by atoms with van der Waals surface area (Å²) in [5, 5.41) is 0. The topological polar surface area (TPSA) is 42.4 Å². The van der Waals surface area contributed by atoms with Crippen LogP contribution in [-0.2, 0) is 4.74 Å². The highest BCUT2D eigenvalue weighted by Crippen LogP contribution is 2.38. The summed E-state index contributed by atoms with van der Waals surface area (Å²) >= 11 is 0. The van der Waals surface area contributed by atoms with Gasteiger partial charge in [-0.15, -0.1) is 0 Å². The quantitative estimate of drug-likeness (QED) is 0.793. The maximum Gasteiger partial charge on any atom is 0.184 e. The minimum absolute atomic E-state index is 0.266. The second-order valence-corrected chi connectivity index (χ2v) is 5.86. The maximum atomic E-state index is 13.2. The van der Waals surface area contributed by atoms with Gasteiger partial charge in [-0.05, 0) is 31.4 Å². The van der Waals surface area contributed by atoms with E-state index < -0.39 is 0 Å². The van der Waals surface area contributed by atoms with E-state index in [1.54, 1.807) is 12.4 Å². The van der Waals surface area contributed by atoms with Crippen LogP contribution in [0, 0.1) is 6.92 Å². The van der Waals surface area contributed by atoms with Crippen LogP contribution >= 0.6 is 0 Å². The van der Waals surface area contributed by atoms with Crippen molar-refractivity contribution in [3.05, 3.63) is 29.6 Å². The Balaban J connectivity index is 1.94. The van der Waals surface area contributed by atoms with Gasteiger partial charge in [0.2, 0.25) is 0 Å². The van der Waals surface area contributed by atoms with E-state index in [1.165, 1.54) is 0 Å². The number of pyridine rings is 1. The number of hydrogen-bond acceptors (Lipinski definition) is 4. The molecule has 0 bridgehead atoms. The Morgan fingerprint density at radius 2 is 2.00 bits per heavy atom. The van der Waals surface area contributed by atoms with Crippen molar-refractivity contribution in [2.45, 2.75) is 38.1 Å². The van der Waals surface area contributed by atoms with Crippen LogP contribution < -0.4 is 0 Å². The van der Waals surface area contributed by atoms with E-state index in [0.29, 0.717) is 0 Å². The third kappa shape index (κ3) is 2.27. The standard InChI is InChI=1S/C16H22N2O2/c1-13-4-7-17-12-14(13)15(19)16(5-2-3-6-16)18-8-10-20-11-9-18/h4,7,12H,2-3,5-6,8-11H2,1H3. The van der Waals surface area contributed by atoms with Gasteiger partial charge in [0, 0.05) is 31.0 Å². The summed E-state index contributed by atoms with van der Waals surface area (Å²) in [6, 6.07) is 1.93. The summed E-state index contributed by atoms with van der Waals surface area (Å²) in [5.41, 5.74) is 1.52. The Kier molecular flexibility index (Phi) is 3.85. The third-order valence-electron chi connectivity index (χ3n) is 4.75. The van der Waals surface area contributed by atoms with E-state index in [1.807, 2.05) is 13.0 Å². The molecular formula is C16H22N2O2. The summed E-state index contributed by atoms with van der Waals surface area (Å²) in [5.74, 6) is 0.266. The van der Waals surface area contributed by atoms with Gasteiger partial charge in [-0.2, -0.15) is 0 Å². The molecule has 0 N–H and O–H groups in total. The van der Waals surface area contributed by atoms with Crippen molar-refractivity contribution in [3.8, 4) is 0 Å². The van der Waals surface area contributed by atoms with Gasteiger partial charge in [-0.25, -0.2) is 0 Å². The first-order chi connectivity index (χ1) is 9.74. The van der Waals surface area contributed by atoms with Crippen LogP contribution in [-0.4, -0.2) is 47.5 Å². The molecule has 0 amide bonds. The van der Waals surface area contributed by atoms with Gasteiger partial charge in [0.1, 0.15) is 0 Å². The van der Waals surface area contributed by atoms with E-state index in [4.69, 9.17) is 4.74 Å². The Hall–Kier alpha value is -1.26. The molecule has 1 aromatic heterocycles. The van der Waals surface area contributed by atoms with Crippen molar-refractivity contribution in [2.75, 3.05) is 26.3 Å². The highest BCUT2D eigenvalue weighted by atomic mass is 16.5. The van der Waals surface area contributed by atoms with E-state index in [9.17, 15) is 4.79 Å². The fourth-order valence-electron chi connectivity index (χ4n) is 3.59. The number of hydrogen-bond donors (Lipinski definition) is 0. The number of ketones is 1. The van der Waals surface area contributed by atoms with Gasteiger partial charge >= 0.3 is 0 Å². The van der Waals surface area contributed by atoms with Gasteiger partial charge in [-0.1, -0.05) is 12.8 Å². The molecule has 4 nitrogen and oxygen atoms in total. The summed E-state index contributed by atoms with van der Waals surface area (Å²) in [7, 11) is 0. The average Bonchev–Trinajstić information content (AvgIpc) is 2.99. The molecule has 1 saturated heterocycles. The maximum absolute atomic E-state index is 13.2. The molecular weight excluding hydrogens is 252 g/mol. The monoisotopic (exact) mass is 274 g/mol. The van der Waals surface area contributed by atoms with Crippen LogP contribution in [0.5, 0.6) is 0 Å². The molecule has 108 valence electrons. The molecule has 0 spiro atoms. The van der Waals surface area contributed by atoms with Crippen LogP contribution in [0.15, 0.2) is 18.5 Å². The summed E-state index contributed by atoms with van der Waals surface area (Å²) in [4.78, 5) is 19.7. The van der Waals surface area contributed by atoms with Gasteiger partial charge in [-0.3, -0.25) is 14.7 Å². The van der Waals surface area contributed by atoms with Crippen LogP contribution in [0.4, 0.5) is 0 Å². The molecule has 2 aliphatic rings. The Morgan fingerprint density at radius 1 is 1.30 bits per heavy atom. The second-order valence-electron chi connectivity index (χ2n) is 5.86. The fourth-order valence-corrected chi connectivity index (χ4v) is 3.59. The minimum Gasteiger partial charge on any atom is -0.379 e. The second kappa shape index (κ2) is 5.62. The lowest BCUT2D eigenvalue weighted by Crippen LogP contribution is -2.56. The Bertz CT molecular complexity index is 489. The van der Waals surface area contributed by atoms with Gasteiger partial charge in [0.05, 0.1) is 18.8 Å². The molecule has 1 saturated carbocycles. The summed E-state index contributed by atoms with van der Waals surface area (Å²) < 4.78 is 5.45. The zero-order valence-electron chi connectivity index (χ0n) is 12.1. The van der Waals surface area contributed by atoms with Crippen molar-refractivity contribution < 1.29 is 9.53 Å². The first-order valence-electron chi connectivity index (χ1n) is 7.52. The SMILES string of the molecule is Cc1ccncc1C(=O)C1(N2CCOCC2)CCCC1. The Morgan fingerprint density at radius 3 is 2.65 bits per heavy atom. The molecule has 3 rings (SSSR count). The highest BCUT2D eigenvalue weighted by molar-refractivity contribution is 6.04. The number of nitrogens with zero attached hydrogens (tertiary/aromatic N) is 2. The number of carbonyl (C=O) groups is 1. The lowest BCUT2D eigenvalue weighted by Gasteiger charge is -2.42. The normalized spacial score (nSPS) is 22.9. The molecule has 1 aliphatic heterocycles. The first kappa shape index (κ1) is 13.7. The number of Topliss-reactive ketones (excluding diaryl/α,β-unsaturated/α-hetero) is 1. The van der Waals surface area contributed by atoms with Gasteiger partial charge in [0.15, 0.2) is 5.78 Å². The smallest absolute Gasteiger partial charge is 0.184 e. The van der Waals surface area contributed by atoms with Crippen molar-refractivity contribution in [2.24, 2.45) is 0 Å².